The van der Waals surface area contributed by atoms with E-state index >= 15 is 0 Å². The first-order valence-electron chi connectivity index (χ1n) is 5.71. The molecule has 0 bridgehead atoms. The zero-order valence-electron chi connectivity index (χ0n) is 10.1. The van der Waals surface area contributed by atoms with Crippen molar-refractivity contribution in [2.45, 2.75) is 6.42 Å². The number of carbonyl (C=O) groups excluding carboxylic acids is 1. The van der Waals surface area contributed by atoms with E-state index in [2.05, 4.69) is 5.32 Å². The van der Waals surface area contributed by atoms with Gasteiger partial charge in [0.05, 0.1) is 17.8 Å². The molecule has 0 atom stereocenters. The van der Waals surface area contributed by atoms with E-state index in [1.807, 2.05) is 0 Å². The summed E-state index contributed by atoms with van der Waals surface area (Å²) in [5.41, 5.74) is 7.12. The lowest BCUT2D eigenvalue weighted by molar-refractivity contribution is -0.115. The van der Waals surface area contributed by atoms with Crippen LogP contribution in [0.4, 0.5) is 11.4 Å². The number of nitrogen functional groups attached to an aromatic ring is 1. The number of hydrogen-bond acceptors (Lipinski definition) is 4. The van der Waals surface area contributed by atoms with Crippen LogP contribution in [-0.2, 0) is 11.2 Å². The van der Waals surface area contributed by atoms with Crippen LogP contribution in [0.15, 0.2) is 42.5 Å². The molecule has 0 aliphatic carbocycles. The molecule has 2 aromatic rings. The lowest BCUT2D eigenvalue weighted by atomic mass is 10.1. The summed E-state index contributed by atoms with van der Waals surface area (Å²) in [6.45, 7) is 0. The van der Waals surface area contributed by atoms with Gasteiger partial charge in [-0.1, -0.05) is 12.1 Å². The number of nitrogens with two attached hydrogens (primary N) is 1. The van der Waals surface area contributed by atoms with E-state index in [4.69, 9.17) is 5.73 Å². The number of amides is 1. The van der Waals surface area contributed by atoms with Crippen LogP contribution < -0.4 is 11.1 Å². The second kappa shape index (κ2) is 5.30. The molecule has 5 N–H and O–H groups in total. The molecule has 0 heterocycles. The fraction of sp³-hybridized carbons (Fsp3) is 0.0714. The number of benzene rings is 2. The molecule has 0 aromatic heterocycles. The molecule has 2 aromatic carbocycles. The first-order valence-corrected chi connectivity index (χ1v) is 5.71. The van der Waals surface area contributed by atoms with Crippen LogP contribution in [-0.4, -0.2) is 16.1 Å². The van der Waals surface area contributed by atoms with Crippen LogP contribution in [0.2, 0.25) is 0 Å². The summed E-state index contributed by atoms with van der Waals surface area (Å²) in [5.74, 6) is -0.0825. The maximum atomic E-state index is 11.8. The number of aromatic hydroxyl groups is 2. The van der Waals surface area contributed by atoms with Crippen LogP contribution >= 0.6 is 0 Å². The van der Waals surface area contributed by atoms with Crippen molar-refractivity contribution in [2.75, 3.05) is 11.1 Å². The Hall–Kier alpha value is -2.69. The van der Waals surface area contributed by atoms with Gasteiger partial charge in [0.1, 0.15) is 11.5 Å². The smallest absolute Gasteiger partial charge is 0.228 e. The number of hydrogen-bond donors (Lipinski definition) is 4. The molecule has 0 saturated heterocycles. The summed E-state index contributed by atoms with van der Waals surface area (Å²) in [6, 6.07) is 10.8. The van der Waals surface area contributed by atoms with Gasteiger partial charge in [-0.05, 0) is 29.8 Å². The molecule has 19 heavy (non-hydrogen) atoms. The van der Waals surface area contributed by atoms with Gasteiger partial charge in [0.15, 0.2) is 0 Å². The first kappa shape index (κ1) is 12.8. The molecular weight excluding hydrogens is 244 g/mol. The van der Waals surface area contributed by atoms with Crippen LogP contribution in [0.25, 0.3) is 0 Å². The number of rotatable bonds is 3. The predicted molar refractivity (Wildman–Crippen MR) is 73.0 cm³/mol. The molecule has 0 spiro atoms. The molecular formula is C14H14N2O3. The number of phenolic OH excluding ortho intramolecular Hbond substituents is 2. The Kier molecular flexibility index (Phi) is 3.56. The number of anilines is 2. The lowest BCUT2D eigenvalue weighted by Gasteiger charge is -2.08. The monoisotopic (exact) mass is 258 g/mol. The Morgan fingerprint density at radius 1 is 1.11 bits per heavy atom. The third kappa shape index (κ3) is 3.38. The van der Waals surface area contributed by atoms with Gasteiger partial charge in [0.25, 0.3) is 0 Å². The van der Waals surface area contributed by atoms with Crippen molar-refractivity contribution in [2.24, 2.45) is 0 Å². The van der Waals surface area contributed by atoms with E-state index < -0.39 is 0 Å². The van der Waals surface area contributed by atoms with Gasteiger partial charge >= 0.3 is 0 Å². The maximum absolute atomic E-state index is 11.8. The highest BCUT2D eigenvalue weighted by Gasteiger charge is 2.07. The summed E-state index contributed by atoms with van der Waals surface area (Å²) in [6.07, 6.45) is 0.134. The number of phenols is 2. The Morgan fingerprint density at radius 2 is 1.84 bits per heavy atom. The molecule has 98 valence electrons. The minimum atomic E-state index is -0.247. The van der Waals surface area contributed by atoms with Gasteiger partial charge in [-0.25, -0.2) is 0 Å². The zero-order valence-corrected chi connectivity index (χ0v) is 10.1. The minimum absolute atomic E-state index is 0.0449. The van der Waals surface area contributed by atoms with Gasteiger partial charge in [-0.2, -0.15) is 0 Å². The average molecular weight is 258 g/mol. The third-order valence-electron chi connectivity index (χ3n) is 2.58. The Labute approximate surface area is 110 Å². The summed E-state index contributed by atoms with van der Waals surface area (Å²) < 4.78 is 0. The Morgan fingerprint density at radius 3 is 2.53 bits per heavy atom. The summed E-state index contributed by atoms with van der Waals surface area (Å²) >= 11 is 0. The second-order valence-electron chi connectivity index (χ2n) is 4.17. The van der Waals surface area contributed by atoms with Crippen molar-refractivity contribution >= 4 is 17.3 Å². The normalized spacial score (nSPS) is 10.1. The van der Waals surface area contributed by atoms with Crippen molar-refractivity contribution in [3.63, 3.8) is 0 Å². The van der Waals surface area contributed by atoms with E-state index in [9.17, 15) is 15.0 Å². The van der Waals surface area contributed by atoms with Crippen molar-refractivity contribution < 1.29 is 15.0 Å². The second-order valence-corrected chi connectivity index (χ2v) is 4.17. The molecule has 2 rings (SSSR count). The highest BCUT2D eigenvalue weighted by Crippen LogP contribution is 2.23. The highest BCUT2D eigenvalue weighted by atomic mass is 16.3. The van der Waals surface area contributed by atoms with Crippen molar-refractivity contribution in [1.29, 1.82) is 0 Å². The van der Waals surface area contributed by atoms with Crippen molar-refractivity contribution in [3.05, 3.63) is 48.0 Å². The predicted octanol–water partition coefficient (Wildman–Crippen LogP) is 1.86. The van der Waals surface area contributed by atoms with Gasteiger partial charge in [0.2, 0.25) is 5.91 Å². The van der Waals surface area contributed by atoms with E-state index in [1.165, 1.54) is 24.3 Å². The fourth-order valence-electron chi connectivity index (χ4n) is 1.71. The van der Waals surface area contributed by atoms with Crippen LogP contribution in [0, 0.1) is 0 Å². The SMILES string of the molecule is Nc1cc(O)ccc1NC(=O)Cc1cccc(O)c1. The summed E-state index contributed by atoms with van der Waals surface area (Å²) in [7, 11) is 0. The molecule has 0 saturated carbocycles. The van der Waals surface area contributed by atoms with Crippen molar-refractivity contribution in [3.8, 4) is 11.5 Å². The zero-order chi connectivity index (χ0) is 13.8. The standard InChI is InChI=1S/C14H14N2O3/c15-12-8-11(18)4-5-13(12)16-14(19)7-9-2-1-3-10(17)6-9/h1-6,8,17-18H,7,15H2,(H,16,19). The molecule has 5 nitrogen and oxygen atoms in total. The third-order valence-corrected chi connectivity index (χ3v) is 2.58. The molecule has 5 heteroatoms. The Balaban J connectivity index is 2.05. The van der Waals surface area contributed by atoms with E-state index in [0.717, 1.165) is 0 Å². The highest BCUT2D eigenvalue weighted by molar-refractivity contribution is 5.95. The molecule has 0 unspecified atom stereocenters. The van der Waals surface area contributed by atoms with E-state index in [1.54, 1.807) is 18.2 Å². The molecule has 0 aliphatic rings. The quantitative estimate of drug-likeness (QED) is 0.499. The van der Waals surface area contributed by atoms with Crippen LogP contribution in [0.3, 0.4) is 0 Å². The summed E-state index contributed by atoms with van der Waals surface area (Å²) in [5, 5.41) is 21.2. The fourth-order valence-corrected chi connectivity index (χ4v) is 1.71. The van der Waals surface area contributed by atoms with Crippen LogP contribution in [0.1, 0.15) is 5.56 Å². The molecule has 0 fully saturated rings. The average Bonchev–Trinajstić information content (AvgIpc) is 2.33. The lowest BCUT2D eigenvalue weighted by Crippen LogP contribution is -2.15. The van der Waals surface area contributed by atoms with Gasteiger partial charge in [0, 0.05) is 6.07 Å². The minimum Gasteiger partial charge on any atom is -0.508 e. The first-order chi connectivity index (χ1) is 9.04. The number of carbonyl (C=O) groups is 1. The number of nitrogens with one attached hydrogen (secondary N) is 1. The van der Waals surface area contributed by atoms with E-state index in [-0.39, 0.29) is 23.8 Å². The van der Waals surface area contributed by atoms with Gasteiger partial charge < -0.3 is 21.3 Å². The molecule has 0 aliphatic heterocycles. The van der Waals surface area contributed by atoms with E-state index in [0.29, 0.717) is 16.9 Å². The van der Waals surface area contributed by atoms with Crippen LogP contribution in [0.5, 0.6) is 11.5 Å². The molecule has 0 radical (unpaired) electrons. The largest absolute Gasteiger partial charge is 0.508 e. The Bertz CT molecular complexity index is 611. The maximum Gasteiger partial charge on any atom is 0.228 e. The topological polar surface area (TPSA) is 95.6 Å². The van der Waals surface area contributed by atoms with Gasteiger partial charge in [-0.15, -0.1) is 0 Å². The summed E-state index contributed by atoms with van der Waals surface area (Å²) in [4.78, 5) is 11.8. The van der Waals surface area contributed by atoms with Gasteiger partial charge in [-0.3, -0.25) is 4.79 Å². The van der Waals surface area contributed by atoms with Crippen molar-refractivity contribution in [1.82, 2.24) is 0 Å². The molecule has 1 amide bonds.